The molecule has 24 heavy (non-hydrogen) atoms. The molecular formula is C15H22F3NO5. The molecule has 0 aromatic heterocycles. The van der Waals surface area contributed by atoms with Crippen molar-refractivity contribution in [2.75, 3.05) is 6.61 Å². The van der Waals surface area contributed by atoms with Gasteiger partial charge in [-0.05, 0) is 38.5 Å². The van der Waals surface area contributed by atoms with E-state index in [1.165, 1.54) is 6.07 Å². The van der Waals surface area contributed by atoms with Gasteiger partial charge in [0.1, 0.15) is 5.75 Å². The second-order valence-electron chi connectivity index (χ2n) is 5.98. The van der Waals surface area contributed by atoms with Gasteiger partial charge in [0.05, 0.1) is 19.3 Å². The Labute approximate surface area is 137 Å². The highest BCUT2D eigenvalue weighted by atomic mass is 19.4. The molecule has 1 aromatic rings. The van der Waals surface area contributed by atoms with E-state index in [0.29, 0.717) is 5.56 Å². The number of aliphatic hydroxyl groups excluding tert-OH is 2. The van der Waals surface area contributed by atoms with E-state index in [-0.39, 0.29) is 30.5 Å². The number of halogens is 3. The molecule has 0 aliphatic heterocycles. The lowest BCUT2D eigenvalue weighted by Gasteiger charge is -2.28. The molecule has 9 heteroatoms. The quantitative estimate of drug-likeness (QED) is 0.566. The second kappa shape index (κ2) is 8.86. The number of benzene rings is 1. The predicted octanol–water partition coefficient (Wildman–Crippen LogP) is 1.94. The summed E-state index contributed by atoms with van der Waals surface area (Å²) in [7, 11) is 0. The van der Waals surface area contributed by atoms with Gasteiger partial charge in [0.15, 0.2) is 0 Å². The van der Waals surface area contributed by atoms with Crippen molar-refractivity contribution in [1.29, 1.82) is 0 Å². The molecule has 138 valence electrons. The minimum Gasteiger partial charge on any atom is -0.508 e. The largest absolute Gasteiger partial charge is 0.508 e. The molecule has 0 heterocycles. The smallest absolute Gasteiger partial charge is 0.490 e. The average Bonchev–Trinajstić information content (AvgIpc) is 2.44. The number of carboxylic acid groups (broad SMARTS) is 1. The number of carbonyl (C=O) groups is 1. The highest BCUT2D eigenvalue weighted by Gasteiger charge is 2.38. The van der Waals surface area contributed by atoms with Crippen LogP contribution in [0.1, 0.15) is 37.9 Å². The third-order valence-electron chi connectivity index (χ3n) is 2.71. The summed E-state index contributed by atoms with van der Waals surface area (Å²) in [5.41, 5.74) is 1.20. The first-order valence-corrected chi connectivity index (χ1v) is 6.93. The van der Waals surface area contributed by atoms with Crippen LogP contribution in [0.15, 0.2) is 18.2 Å². The fourth-order valence-electron chi connectivity index (χ4n) is 1.71. The molecule has 1 rings (SSSR count). The summed E-state index contributed by atoms with van der Waals surface area (Å²) < 4.78 is 31.7. The lowest BCUT2D eigenvalue weighted by molar-refractivity contribution is -0.192. The number of aromatic hydroxyl groups is 1. The van der Waals surface area contributed by atoms with Crippen LogP contribution in [0, 0.1) is 0 Å². The van der Waals surface area contributed by atoms with Gasteiger partial charge in [0.25, 0.3) is 0 Å². The van der Waals surface area contributed by atoms with Crippen molar-refractivity contribution in [3.05, 3.63) is 29.3 Å². The monoisotopic (exact) mass is 353 g/mol. The molecule has 0 aliphatic rings. The Morgan fingerprint density at radius 1 is 1.21 bits per heavy atom. The molecule has 0 bridgehead atoms. The zero-order valence-electron chi connectivity index (χ0n) is 13.6. The zero-order chi connectivity index (χ0) is 19.1. The SMILES string of the molecule is CC(C)(C)NC(CO)c1ccc(O)c(CO)c1.O=C(O)C(F)(F)F. The zero-order valence-corrected chi connectivity index (χ0v) is 13.6. The normalized spacial score (nSPS) is 13.0. The molecule has 5 N–H and O–H groups in total. The maximum absolute atomic E-state index is 10.6. The lowest BCUT2D eigenvalue weighted by Crippen LogP contribution is -2.40. The molecule has 0 spiro atoms. The number of phenols is 1. The summed E-state index contributed by atoms with van der Waals surface area (Å²) in [6.07, 6.45) is -5.08. The van der Waals surface area contributed by atoms with Gasteiger partial charge in [-0.3, -0.25) is 0 Å². The van der Waals surface area contributed by atoms with E-state index in [4.69, 9.17) is 15.0 Å². The minimum atomic E-state index is -5.08. The second-order valence-corrected chi connectivity index (χ2v) is 5.98. The van der Waals surface area contributed by atoms with Gasteiger partial charge in [-0.2, -0.15) is 13.2 Å². The Morgan fingerprint density at radius 2 is 1.71 bits per heavy atom. The Hall–Kier alpha value is -1.84. The standard InChI is InChI=1S/C13H21NO3.C2HF3O2/c1-13(2,3)14-11(8-16)9-4-5-12(17)10(6-9)7-15;3-2(4,5)1(6)7/h4-6,11,14-17H,7-8H2,1-3H3;(H,6,7). The maximum Gasteiger partial charge on any atom is 0.490 e. The van der Waals surface area contributed by atoms with Crippen LogP contribution in [0.5, 0.6) is 5.75 Å². The summed E-state index contributed by atoms with van der Waals surface area (Å²) in [4.78, 5) is 8.90. The van der Waals surface area contributed by atoms with Crippen LogP contribution in [0.2, 0.25) is 0 Å². The van der Waals surface area contributed by atoms with E-state index in [0.717, 1.165) is 5.56 Å². The maximum atomic E-state index is 10.6. The van der Waals surface area contributed by atoms with Gasteiger partial charge in [0.2, 0.25) is 0 Å². The fourth-order valence-corrected chi connectivity index (χ4v) is 1.71. The van der Waals surface area contributed by atoms with E-state index in [9.17, 15) is 23.4 Å². The van der Waals surface area contributed by atoms with Crippen molar-refractivity contribution in [2.45, 2.75) is 45.1 Å². The molecule has 1 atom stereocenters. The van der Waals surface area contributed by atoms with Crippen molar-refractivity contribution in [3.63, 3.8) is 0 Å². The van der Waals surface area contributed by atoms with Gasteiger partial charge in [0, 0.05) is 11.1 Å². The molecule has 0 aliphatic carbocycles. The summed E-state index contributed by atoms with van der Waals surface area (Å²) in [5.74, 6) is -2.68. The first-order valence-electron chi connectivity index (χ1n) is 6.93. The molecule has 6 nitrogen and oxygen atoms in total. The summed E-state index contributed by atoms with van der Waals surface area (Å²) in [6.45, 7) is 5.80. The van der Waals surface area contributed by atoms with E-state index in [1.807, 2.05) is 20.8 Å². The molecule has 0 radical (unpaired) electrons. The molecule has 1 aromatic carbocycles. The summed E-state index contributed by atoms with van der Waals surface area (Å²) in [6, 6.07) is 4.78. The number of carboxylic acids is 1. The van der Waals surface area contributed by atoms with E-state index in [2.05, 4.69) is 5.32 Å². The number of hydrogen-bond acceptors (Lipinski definition) is 5. The number of nitrogens with one attached hydrogen (secondary N) is 1. The third-order valence-corrected chi connectivity index (χ3v) is 2.71. The number of aliphatic carboxylic acids is 1. The lowest BCUT2D eigenvalue weighted by atomic mass is 10.00. The number of hydrogen-bond donors (Lipinski definition) is 5. The van der Waals surface area contributed by atoms with Crippen LogP contribution >= 0.6 is 0 Å². The molecule has 0 amide bonds. The van der Waals surface area contributed by atoms with E-state index >= 15 is 0 Å². The number of alkyl halides is 3. The fraction of sp³-hybridized carbons (Fsp3) is 0.533. The van der Waals surface area contributed by atoms with Crippen LogP contribution in [0.25, 0.3) is 0 Å². The first-order chi connectivity index (χ1) is 10.8. The Bertz CT molecular complexity index is 541. The van der Waals surface area contributed by atoms with Crippen LogP contribution in [0.3, 0.4) is 0 Å². The average molecular weight is 353 g/mol. The van der Waals surface area contributed by atoms with Crippen LogP contribution < -0.4 is 5.32 Å². The highest BCUT2D eigenvalue weighted by molar-refractivity contribution is 5.73. The van der Waals surface area contributed by atoms with E-state index < -0.39 is 12.1 Å². The Kier molecular flexibility index (Phi) is 8.18. The van der Waals surface area contributed by atoms with Gasteiger partial charge in [-0.1, -0.05) is 6.07 Å². The van der Waals surface area contributed by atoms with Crippen molar-refractivity contribution in [3.8, 4) is 5.75 Å². The highest BCUT2D eigenvalue weighted by Crippen LogP contribution is 2.23. The number of rotatable bonds is 4. The Balaban J connectivity index is 0.000000640. The van der Waals surface area contributed by atoms with Crippen molar-refractivity contribution in [2.24, 2.45) is 0 Å². The van der Waals surface area contributed by atoms with Gasteiger partial charge in [-0.15, -0.1) is 0 Å². The van der Waals surface area contributed by atoms with Gasteiger partial charge in [-0.25, -0.2) is 4.79 Å². The molecule has 0 saturated heterocycles. The van der Waals surface area contributed by atoms with E-state index in [1.54, 1.807) is 12.1 Å². The summed E-state index contributed by atoms with van der Waals surface area (Å²) >= 11 is 0. The topological polar surface area (TPSA) is 110 Å². The van der Waals surface area contributed by atoms with Crippen molar-refractivity contribution in [1.82, 2.24) is 5.32 Å². The summed E-state index contributed by atoms with van der Waals surface area (Å²) in [5, 5.41) is 38.4. The van der Waals surface area contributed by atoms with Crippen molar-refractivity contribution >= 4 is 5.97 Å². The molecule has 0 saturated carbocycles. The molecule has 0 fully saturated rings. The molecule has 1 unspecified atom stereocenters. The minimum absolute atomic E-state index is 0.0348. The third kappa shape index (κ3) is 8.14. The van der Waals surface area contributed by atoms with Crippen LogP contribution in [-0.2, 0) is 11.4 Å². The van der Waals surface area contributed by atoms with Gasteiger partial charge < -0.3 is 25.7 Å². The molecular weight excluding hydrogens is 331 g/mol. The van der Waals surface area contributed by atoms with Crippen molar-refractivity contribution < 1.29 is 38.4 Å². The first kappa shape index (κ1) is 22.2. The number of aliphatic hydroxyl groups is 2. The predicted molar refractivity (Wildman–Crippen MR) is 80.4 cm³/mol. The Morgan fingerprint density at radius 3 is 2.04 bits per heavy atom. The van der Waals surface area contributed by atoms with Gasteiger partial charge >= 0.3 is 12.1 Å². The van der Waals surface area contributed by atoms with Crippen LogP contribution in [0.4, 0.5) is 13.2 Å². The van der Waals surface area contributed by atoms with Crippen LogP contribution in [-0.4, -0.2) is 44.7 Å².